The lowest BCUT2D eigenvalue weighted by Gasteiger charge is -2.17. The molecule has 2 rings (SSSR count). The molecule has 0 radical (unpaired) electrons. The first kappa shape index (κ1) is 14.0. The first-order valence-electron chi connectivity index (χ1n) is 5.91. The molecule has 0 fully saturated rings. The molecule has 0 spiro atoms. The number of benzene rings is 1. The van der Waals surface area contributed by atoms with E-state index in [1.54, 1.807) is 13.2 Å². The summed E-state index contributed by atoms with van der Waals surface area (Å²) in [6.45, 7) is 0.226. The van der Waals surface area contributed by atoms with E-state index in [1.807, 2.05) is 0 Å². The van der Waals surface area contributed by atoms with E-state index < -0.39 is 11.6 Å². The van der Waals surface area contributed by atoms with Crippen LogP contribution in [0, 0.1) is 11.6 Å². The van der Waals surface area contributed by atoms with Crippen LogP contribution in [0.3, 0.4) is 0 Å². The van der Waals surface area contributed by atoms with Crippen LogP contribution in [0.1, 0.15) is 5.56 Å². The third-order valence-electron chi connectivity index (χ3n) is 2.78. The molecular formula is C13H14F2N4O. The van der Waals surface area contributed by atoms with Crippen molar-refractivity contribution in [2.24, 2.45) is 0 Å². The van der Waals surface area contributed by atoms with Crippen molar-refractivity contribution in [3.8, 4) is 0 Å². The van der Waals surface area contributed by atoms with Crippen molar-refractivity contribution in [3.63, 3.8) is 0 Å². The summed E-state index contributed by atoms with van der Waals surface area (Å²) in [5.74, 6) is -2.05. The van der Waals surface area contributed by atoms with E-state index in [9.17, 15) is 13.6 Å². The predicted molar refractivity (Wildman–Crippen MR) is 69.5 cm³/mol. The highest BCUT2D eigenvalue weighted by Gasteiger charge is 2.12. The number of halogens is 2. The van der Waals surface area contributed by atoms with Crippen LogP contribution in [0.4, 0.5) is 14.5 Å². The number of anilines is 1. The molecule has 5 nitrogen and oxygen atoms in total. The van der Waals surface area contributed by atoms with Gasteiger partial charge in [0, 0.05) is 19.8 Å². The van der Waals surface area contributed by atoms with Gasteiger partial charge in [-0.25, -0.2) is 8.78 Å². The van der Waals surface area contributed by atoms with Crippen molar-refractivity contribution in [2.75, 3.05) is 12.8 Å². The van der Waals surface area contributed by atoms with Gasteiger partial charge in [0.1, 0.15) is 6.54 Å². The largest absolute Gasteiger partial charge is 0.396 e. The highest BCUT2D eigenvalue weighted by Crippen LogP contribution is 2.10. The molecule has 1 aromatic heterocycles. The maximum atomic E-state index is 13.1. The topological polar surface area (TPSA) is 64.2 Å². The lowest BCUT2D eigenvalue weighted by molar-refractivity contribution is -0.131. The number of nitrogen functional groups attached to an aromatic ring is 1. The van der Waals surface area contributed by atoms with Crippen molar-refractivity contribution in [1.82, 2.24) is 14.7 Å². The SMILES string of the molecule is CN(Cc1ccc(F)c(F)c1)C(=O)Cn1cc(N)cn1. The van der Waals surface area contributed by atoms with Crippen molar-refractivity contribution in [3.05, 3.63) is 47.8 Å². The summed E-state index contributed by atoms with van der Waals surface area (Å²) in [5, 5.41) is 3.91. The van der Waals surface area contributed by atoms with Crippen molar-refractivity contribution >= 4 is 11.6 Å². The van der Waals surface area contributed by atoms with Gasteiger partial charge < -0.3 is 10.6 Å². The lowest BCUT2D eigenvalue weighted by atomic mass is 10.2. The Labute approximate surface area is 114 Å². The Hall–Kier alpha value is -2.44. The summed E-state index contributed by atoms with van der Waals surface area (Å²) in [5.41, 5.74) is 6.49. The molecular weight excluding hydrogens is 266 g/mol. The van der Waals surface area contributed by atoms with Gasteiger partial charge in [0.15, 0.2) is 11.6 Å². The average molecular weight is 280 g/mol. The van der Waals surface area contributed by atoms with Gasteiger partial charge in [-0.15, -0.1) is 0 Å². The molecule has 7 heteroatoms. The molecule has 20 heavy (non-hydrogen) atoms. The van der Waals surface area contributed by atoms with E-state index in [4.69, 9.17) is 5.73 Å². The van der Waals surface area contributed by atoms with Gasteiger partial charge in [0.05, 0.1) is 11.9 Å². The quantitative estimate of drug-likeness (QED) is 0.920. The van der Waals surface area contributed by atoms with Crippen LogP contribution >= 0.6 is 0 Å². The second kappa shape index (κ2) is 5.68. The zero-order valence-corrected chi connectivity index (χ0v) is 10.9. The molecule has 106 valence electrons. The van der Waals surface area contributed by atoms with Gasteiger partial charge in [-0.2, -0.15) is 5.10 Å². The van der Waals surface area contributed by atoms with Crippen LogP contribution in [0.15, 0.2) is 30.6 Å². The summed E-state index contributed by atoms with van der Waals surface area (Å²) in [6.07, 6.45) is 2.99. The Morgan fingerprint density at radius 2 is 2.15 bits per heavy atom. The standard InChI is InChI=1S/C13H14F2N4O/c1-18(6-9-2-3-11(14)12(15)4-9)13(20)8-19-7-10(16)5-17-19/h2-5,7H,6,8,16H2,1H3. The van der Waals surface area contributed by atoms with Crippen molar-refractivity contribution < 1.29 is 13.6 Å². The number of nitrogens with zero attached hydrogens (tertiary/aromatic N) is 3. The molecule has 0 atom stereocenters. The van der Waals surface area contributed by atoms with Gasteiger partial charge in [-0.1, -0.05) is 6.07 Å². The molecule has 0 saturated carbocycles. The number of rotatable bonds is 4. The van der Waals surface area contributed by atoms with Crippen LogP contribution in [-0.2, 0) is 17.9 Å². The second-order valence-corrected chi connectivity index (χ2v) is 4.47. The minimum atomic E-state index is -0.928. The molecule has 1 heterocycles. The molecule has 1 aromatic carbocycles. The fourth-order valence-electron chi connectivity index (χ4n) is 1.73. The second-order valence-electron chi connectivity index (χ2n) is 4.47. The van der Waals surface area contributed by atoms with E-state index in [0.29, 0.717) is 11.3 Å². The summed E-state index contributed by atoms with van der Waals surface area (Å²) in [7, 11) is 1.58. The number of amides is 1. The summed E-state index contributed by atoms with van der Waals surface area (Å²) in [4.78, 5) is 13.3. The van der Waals surface area contributed by atoms with E-state index in [2.05, 4.69) is 5.10 Å². The monoisotopic (exact) mass is 280 g/mol. The van der Waals surface area contributed by atoms with Crippen molar-refractivity contribution in [2.45, 2.75) is 13.1 Å². The summed E-state index contributed by atoms with van der Waals surface area (Å²) in [6, 6.07) is 3.55. The number of nitrogens with two attached hydrogens (primary N) is 1. The van der Waals surface area contributed by atoms with Gasteiger partial charge in [-0.3, -0.25) is 9.48 Å². The number of aromatic nitrogens is 2. The van der Waals surface area contributed by atoms with E-state index in [1.165, 1.54) is 21.8 Å². The van der Waals surface area contributed by atoms with Gasteiger partial charge in [0.25, 0.3) is 0 Å². The van der Waals surface area contributed by atoms with Gasteiger partial charge in [-0.05, 0) is 17.7 Å². The Kier molecular flexibility index (Phi) is 3.97. The third kappa shape index (κ3) is 3.31. The summed E-state index contributed by atoms with van der Waals surface area (Å²) >= 11 is 0. The normalized spacial score (nSPS) is 10.6. The molecule has 0 aliphatic carbocycles. The molecule has 0 aliphatic heterocycles. The van der Waals surface area contributed by atoms with Crippen LogP contribution in [0.25, 0.3) is 0 Å². The predicted octanol–water partition coefficient (Wildman–Crippen LogP) is 1.40. The van der Waals surface area contributed by atoms with Gasteiger partial charge in [0.2, 0.25) is 5.91 Å². The Morgan fingerprint density at radius 1 is 1.40 bits per heavy atom. The average Bonchev–Trinajstić information content (AvgIpc) is 2.79. The molecule has 0 unspecified atom stereocenters. The summed E-state index contributed by atoms with van der Waals surface area (Å²) < 4.78 is 27.3. The smallest absolute Gasteiger partial charge is 0.244 e. The number of carbonyl (C=O) groups excluding carboxylic acids is 1. The molecule has 0 aliphatic rings. The zero-order chi connectivity index (χ0) is 14.7. The highest BCUT2D eigenvalue weighted by molar-refractivity contribution is 5.75. The Morgan fingerprint density at radius 3 is 2.75 bits per heavy atom. The van der Waals surface area contributed by atoms with E-state index in [0.717, 1.165) is 12.1 Å². The maximum absolute atomic E-state index is 13.1. The molecule has 0 bridgehead atoms. The number of likely N-dealkylation sites (N-methyl/N-ethyl adjacent to an activating group) is 1. The Balaban J connectivity index is 1.98. The highest BCUT2D eigenvalue weighted by atomic mass is 19.2. The third-order valence-corrected chi connectivity index (χ3v) is 2.78. The Bertz CT molecular complexity index is 627. The fraction of sp³-hybridized carbons (Fsp3) is 0.231. The fourth-order valence-corrected chi connectivity index (χ4v) is 1.73. The molecule has 1 amide bonds. The van der Waals surface area contributed by atoms with Crippen molar-refractivity contribution in [1.29, 1.82) is 0 Å². The molecule has 2 N–H and O–H groups in total. The van der Waals surface area contributed by atoms with Crippen LogP contribution in [-0.4, -0.2) is 27.6 Å². The minimum absolute atomic E-state index is 0.0391. The van der Waals surface area contributed by atoms with E-state index >= 15 is 0 Å². The molecule has 0 saturated heterocycles. The maximum Gasteiger partial charge on any atom is 0.244 e. The first-order chi connectivity index (χ1) is 9.45. The number of hydrogen-bond donors (Lipinski definition) is 1. The van der Waals surface area contributed by atoms with Gasteiger partial charge >= 0.3 is 0 Å². The van der Waals surface area contributed by atoms with Crippen LogP contribution in [0.2, 0.25) is 0 Å². The number of carbonyl (C=O) groups is 1. The minimum Gasteiger partial charge on any atom is -0.396 e. The van der Waals surface area contributed by atoms with Crippen LogP contribution < -0.4 is 5.73 Å². The number of hydrogen-bond acceptors (Lipinski definition) is 3. The first-order valence-corrected chi connectivity index (χ1v) is 5.91. The lowest BCUT2D eigenvalue weighted by Crippen LogP contribution is -2.30. The molecule has 2 aromatic rings. The van der Waals surface area contributed by atoms with Crippen LogP contribution in [0.5, 0.6) is 0 Å². The van der Waals surface area contributed by atoms with E-state index in [-0.39, 0.29) is 19.0 Å². The zero-order valence-electron chi connectivity index (χ0n) is 10.9.